The van der Waals surface area contributed by atoms with Gasteiger partial charge < -0.3 is 9.47 Å². The number of unbranched alkanes of at least 4 members (excludes halogenated alkanes) is 13. The minimum absolute atomic E-state index is 0.0320. The topological polar surface area (TPSA) is 18.5 Å². The Morgan fingerprint density at radius 1 is 0.586 bits per heavy atom. The average Bonchev–Trinajstić information content (AvgIpc) is 2.73. The minimum atomic E-state index is 0.0320. The second-order valence-corrected chi connectivity index (χ2v) is 9.09. The van der Waals surface area contributed by atoms with E-state index >= 15 is 0 Å². The molecule has 0 N–H and O–H groups in total. The second kappa shape index (κ2) is 26.2. The number of hydrogen-bond donors (Lipinski definition) is 0. The number of halogens is 1. The van der Waals surface area contributed by atoms with Gasteiger partial charge in [-0.1, -0.05) is 113 Å². The van der Waals surface area contributed by atoms with Crippen molar-refractivity contribution in [2.75, 3.05) is 18.5 Å². The van der Waals surface area contributed by atoms with Gasteiger partial charge in [-0.2, -0.15) is 0 Å². The van der Waals surface area contributed by atoms with Crippen molar-refractivity contribution in [3.63, 3.8) is 0 Å². The summed E-state index contributed by atoms with van der Waals surface area (Å²) in [4.78, 5) is 0. The third kappa shape index (κ3) is 24.3. The molecule has 0 spiro atoms. The molecule has 0 unspecified atom stereocenters. The lowest BCUT2D eigenvalue weighted by Gasteiger charge is -2.19. The molecule has 0 heterocycles. The second-order valence-electron chi connectivity index (χ2n) is 8.29. The van der Waals surface area contributed by atoms with Gasteiger partial charge >= 0.3 is 0 Å². The fraction of sp³-hybridized carbons (Fsp3) is 0.923. The number of hydrogen-bond acceptors (Lipinski definition) is 2. The van der Waals surface area contributed by atoms with Crippen LogP contribution in [0.3, 0.4) is 0 Å². The molecule has 0 aromatic carbocycles. The predicted octanol–water partition coefficient (Wildman–Crippen LogP) is 9.36. The number of allylic oxidation sites excluding steroid dienone is 2. The molecule has 0 aliphatic heterocycles. The van der Waals surface area contributed by atoms with Crippen LogP contribution in [-0.2, 0) is 9.47 Å². The van der Waals surface area contributed by atoms with Crippen molar-refractivity contribution < 1.29 is 9.47 Å². The lowest BCUT2D eigenvalue weighted by Crippen LogP contribution is -2.19. The van der Waals surface area contributed by atoms with E-state index in [0.29, 0.717) is 0 Å². The molecule has 0 aliphatic carbocycles. The first-order chi connectivity index (χ1) is 14.3. The average molecular weight is 476 g/mol. The molecule has 29 heavy (non-hydrogen) atoms. The molecule has 0 rings (SSSR count). The van der Waals surface area contributed by atoms with Crippen molar-refractivity contribution in [1.82, 2.24) is 0 Å². The minimum Gasteiger partial charge on any atom is -0.353 e. The van der Waals surface area contributed by atoms with Gasteiger partial charge in [0, 0.05) is 18.5 Å². The first-order valence-electron chi connectivity index (χ1n) is 12.8. The van der Waals surface area contributed by atoms with Gasteiger partial charge in [-0.05, 0) is 44.9 Å². The van der Waals surface area contributed by atoms with Crippen LogP contribution >= 0.6 is 15.9 Å². The standard InChI is InChI=1S/C26H51BrO2/c1-3-5-7-20-24-28-26(29-25-21-8-6-4-2)22-18-16-14-12-10-9-11-13-15-17-19-23-27/h15,17,26H,3-14,16,18-25H2,1-2H3/b17-15-. The largest absolute Gasteiger partial charge is 0.353 e. The van der Waals surface area contributed by atoms with E-state index in [2.05, 4.69) is 41.9 Å². The highest BCUT2D eigenvalue weighted by Crippen LogP contribution is 2.14. The zero-order valence-corrected chi connectivity index (χ0v) is 21.4. The molecule has 0 bridgehead atoms. The summed E-state index contributed by atoms with van der Waals surface area (Å²) < 4.78 is 12.1. The molecule has 0 atom stereocenters. The van der Waals surface area contributed by atoms with Crippen molar-refractivity contribution in [3.8, 4) is 0 Å². The molecule has 0 saturated heterocycles. The van der Waals surface area contributed by atoms with Gasteiger partial charge in [-0.3, -0.25) is 0 Å². The van der Waals surface area contributed by atoms with Crippen molar-refractivity contribution in [2.24, 2.45) is 0 Å². The van der Waals surface area contributed by atoms with Crippen LogP contribution in [0.4, 0.5) is 0 Å². The summed E-state index contributed by atoms with van der Waals surface area (Å²) in [5.74, 6) is 0. The molecule has 0 amide bonds. The van der Waals surface area contributed by atoms with Crippen LogP contribution in [-0.4, -0.2) is 24.8 Å². The van der Waals surface area contributed by atoms with Crippen LogP contribution < -0.4 is 0 Å². The Hall–Kier alpha value is 0.140. The molecule has 0 fully saturated rings. The maximum atomic E-state index is 6.06. The van der Waals surface area contributed by atoms with E-state index in [1.807, 2.05) is 0 Å². The molecule has 174 valence electrons. The van der Waals surface area contributed by atoms with Gasteiger partial charge in [0.05, 0.1) is 0 Å². The van der Waals surface area contributed by atoms with Crippen LogP contribution in [0.2, 0.25) is 0 Å². The van der Waals surface area contributed by atoms with Crippen LogP contribution in [0.25, 0.3) is 0 Å². The predicted molar refractivity (Wildman–Crippen MR) is 133 cm³/mol. The fourth-order valence-corrected chi connectivity index (χ4v) is 3.72. The van der Waals surface area contributed by atoms with Gasteiger partial charge in [0.1, 0.15) is 0 Å². The summed E-state index contributed by atoms with van der Waals surface area (Å²) in [6.07, 6.45) is 27.7. The highest BCUT2D eigenvalue weighted by atomic mass is 79.9. The number of ether oxygens (including phenoxy) is 2. The van der Waals surface area contributed by atoms with Crippen LogP contribution in [0.15, 0.2) is 12.2 Å². The van der Waals surface area contributed by atoms with Gasteiger partial charge in [0.15, 0.2) is 6.29 Å². The van der Waals surface area contributed by atoms with Gasteiger partial charge in [0.25, 0.3) is 0 Å². The summed E-state index contributed by atoms with van der Waals surface area (Å²) in [5.41, 5.74) is 0. The quantitative estimate of drug-likeness (QED) is 0.0599. The molecule has 0 aromatic heterocycles. The van der Waals surface area contributed by atoms with E-state index in [9.17, 15) is 0 Å². The van der Waals surface area contributed by atoms with Crippen molar-refractivity contribution >= 4 is 15.9 Å². The van der Waals surface area contributed by atoms with E-state index in [1.165, 1.54) is 103 Å². The third-order valence-electron chi connectivity index (χ3n) is 5.36. The molecule has 0 aliphatic rings. The highest BCUT2D eigenvalue weighted by Gasteiger charge is 2.09. The zero-order chi connectivity index (χ0) is 21.3. The normalized spacial score (nSPS) is 11.9. The van der Waals surface area contributed by atoms with Crippen LogP contribution in [0.1, 0.15) is 129 Å². The third-order valence-corrected chi connectivity index (χ3v) is 5.81. The highest BCUT2D eigenvalue weighted by molar-refractivity contribution is 9.09. The first kappa shape index (κ1) is 29.1. The molecule has 0 aromatic rings. The van der Waals surface area contributed by atoms with Gasteiger partial charge in [0.2, 0.25) is 0 Å². The Labute approximate surface area is 191 Å². The maximum absolute atomic E-state index is 6.06. The lowest BCUT2D eigenvalue weighted by atomic mass is 10.1. The molecule has 3 heteroatoms. The number of rotatable bonds is 24. The summed E-state index contributed by atoms with van der Waals surface area (Å²) in [6.45, 7) is 6.24. The van der Waals surface area contributed by atoms with Crippen LogP contribution in [0, 0.1) is 0 Å². The summed E-state index contributed by atoms with van der Waals surface area (Å²) in [7, 11) is 0. The SMILES string of the molecule is CCCCCCOC(CCCCCCCCC/C=C\CCBr)OCCCCCC. The molecule has 0 saturated carbocycles. The van der Waals surface area contributed by atoms with Gasteiger partial charge in [-0.25, -0.2) is 0 Å². The van der Waals surface area contributed by atoms with E-state index in [0.717, 1.165) is 31.4 Å². The first-order valence-corrected chi connectivity index (χ1v) is 13.9. The summed E-state index contributed by atoms with van der Waals surface area (Å²) >= 11 is 3.46. The Kier molecular flexibility index (Phi) is 26.3. The molecule has 0 radical (unpaired) electrons. The fourth-order valence-electron chi connectivity index (χ4n) is 3.46. The van der Waals surface area contributed by atoms with Crippen molar-refractivity contribution in [2.45, 2.75) is 136 Å². The Morgan fingerprint density at radius 2 is 1.07 bits per heavy atom. The summed E-state index contributed by atoms with van der Waals surface area (Å²) in [5, 5.41) is 1.08. The summed E-state index contributed by atoms with van der Waals surface area (Å²) in [6, 6.07) is 0. The number of alkyl halides is 1. The van der Waals surface area contributed by atoms with E-state index in [4.69, 9.17) is 9.47 Å². The maximum Gasteiger partial charge on any atom is 0.157 e. The Bertz CT molecular complexity index is 306. The lowest BCUT2D eigenvalue weighted by molar-refractivity contribution is -0.148. The Morgan fingerprint density at radius 3 is 1.62 bits per heavy atom. The molecular formula is C26H51BrO2. The van der Waals surface area contributed by atoms with Gasteiger partial charge in [-0.15, -0.1) is 0 Å². The van der Waals surface area contributed by atoms with Crippen molar-refractivity contribution in [3.05, 3.63) is 12.2 Å². The van der Waals surface area contributed by atoms with Crippen molar-refractivity contribution in [1.29, 1.82) is 0 Å². The van der Waals surface area contributed by atoms with E-state index in [1.54, 1.807) is 0 Å². The van der Waals surface area contributed by atoms with Crippen LogP contribution in [0.5, 0.6) is 0 Å². The molecule has 2 nitrogen and oxygen atoms in total. The smallest absolute Gasteiger partial charge is 0.157 e. The Balaban J connectivity index is 3.68. The van der Waals surface area contributed by atoms with E-state index in [-0.39, 0.29) is 6.29 Å². The molecular weight excluding hydrogens is 424 g/mol. The van der Waals surface area contributed by atoms with E-state index < -0.39 is 0 Å². The monoisotopic (exact) mass is 474 g/mol. The zero-order valence-electron chi connectivity index (χ0n) is 19.8.